The second-order valence-corrected chi connectivity index (χ2v) is 9.29. The highest BCUT2D eigenvalue weighted by Gasteiger charge is 2.28. The molecule has 1 aromatic heterocycles. The van der Waals surface area contributed by atoms with E-state index in [0.29, 0.717) is 17.5 Å². The second kappa shape index (κ2) is 9.22. The Morgan fingerprint density at radius 3 is 2.86 bits per heavy atom. The molecule has 2 aliphatic rings. The number of amides is 1. The van der Waals surface area contributed by atoms with Crippen LogP contribution in [0.2, 0.25) is 0 Å². The summed E-state index contributed by atoms with van der Waals surface area (Å²) in [5.41, 5.74) is 0.747. The number of nitrogens with one attached hydrogen (secondary N) is 1. The van der Waals surface area contributed by atoms with Gasteiger partial charge in [0.2, 0.25) is 0 Å². The molecule has 0 bridgehead atoms. The van der Waals surface area contributed by atoms with E-state index in [4.69, 9.17) is 0 Å². The van der Waals surface area contributed by atoms with Crippen LogP contribution in [-0.4, -0.2) is 48.0 Å². The van der Waals surface area contributed by atoms with Crippen molar-refractivity contribution in [1.82, 2.24) is 15.2 Å². The van der Waals surface area contributed by atoms with Gasteiger partial charge in [0.25, 0.3) is 5.91 Å². The number of likely N-dealkylation sites (tertiary alicyclic amines) is 1. The van der Waals surface area contributed by atoms with Gasteiger partial charge in [-0.2, -0.15) is 0 Å². The maximum Gasteiger partial charge on any atom is 0.263 e. The monoisotopic (exact) mass is 416 g/mol. The molecule has 0 unspecified atom stereocenters. The maximum absolute atomic E-state index is 13.3. The molecule has 2 aliphatic heterocycles. The lowest BCUT2D eigenvalue weighted by molar-refractivity contribution is 0.0954. The van der Waals surface area contributed by atoms with Crippen molar-refractivity contribution in [2.24, 2.45) is 5.92 Å². The predicted molar refractivity (Wildman–Crippen MR) is 115 cm³/mol. The number of thiazole rings is 1. The first kappa shape index (κ1) is 20.3. The summed E-state index contributed by atoms with van der Waals surface area (Å²) < 4.78 is 13.3. The van der Waals surface area contributed by atoms with Crippen molar-refractivity contribution in [3.8, 4) is 0 Å². The Kier molecular flexibility index (Phi) is 6.45. The van der Waals surface area contributed by atoms with Gasteiger partial charge >= 0.3 is 0 Å². The molecule has 156 valence electrons. The minimum absolute atomic E-state index is 0.157. The summed E-state index contributed by atoms with van der Waals surface area (Å²) in [4.78, 5) is 22.5. The third kappa shape index (κ3) is 5.14. The van der Waals surface area contributed by atoms with Crippen LogP contribution in [0.15, 0.2) is 30.5 Å². The Hall–Kier alpha value is -1.99. The van der Waals surface area contributed by atoms with Crippen LogP contribution >= 0.6 is 11.3 Å². The third-order valence-corrected chi connectivity index (χ3v) is 7.06. The number of benzene rings is 1. The normalized spacial score (nSPS) is 21.3. The smallest absolute Gasteiger partial charge is 0.263 e. The molecule has 2 saturated heterocycles. The van der Waals surface area contributed by atoms with Crippen molar-refractivity contribution in [3.63, 3.8) is 0 Å². The van der Waals surface area contributed by atoms with E-state index in [0.717, 1.165) is 42.5 Å². The summed E-state index contributed by atoms with van der Waals surface area (Å²) in [6.07, 6.45) is 6.65. The Morgan fingerprint density at radius 1 is 1.28 bits per heavy atom. The highest BCUT2D eigenvalue weighted by molar-refractivity contribution is 7.17. The van der Waals surface area contributed by atoms with Gasteiger partial charge in [-0.3, -0.25) is 9.69 Å². The fourth-order valence-corrected chi connectivity index (χ4v) is 5.30. The molecule has 0 radical (unpaired) electrons. The number of carbonyl (C=O) groups is 1. The van der Waals surface area contributed by atoms with Crippen LogP contribution in [0.5, 0.6) is 0 Å². The van der Waals surface area contributed by atoms with Crippen LogP contribution in [0.25, 0.3) is 0 Å². The molecule has 7 heteroatoms. The maximum atomic E-state index is 13.3. The van der Waals surface area contributed by atoms with Crippen LogP contribution in [-0.2, 0) is 6.54 Å². The van der Waals surface area contributed by atoms with E-state index >= 15 is 0 Å². The summed E-state index contributed by atoms with van der Waals surface area (Å²) in [6.45, 7) is 7.13. The predicted octanol–water partition coefficient (Wildman–Crippen LogP) is 3.91. The van der Waals surface area contributed by atoms with E-state index in [1.807, 2.05) is 0 Å². The molecule has 0 aliphatic carbocycles. The SMILES string of the molecule is C[C@@H]1CCCN(C2CCN(c3ncc(C(=O)NCc4cccc(F)c4)s3)CC2)C1. The molecule has 1 amide bonds. The molecular weight excluding hydrogens is 387 g/mol. The van der Waals surface area contributed by atoms with E-state index in [-0.39, 0.29) is 11.7 Å². The number of rotatable bonds is 5. The molecular formula is C22H29FN4OS. The van der Waals surface area contributed by atoms with Gasteiger partial charge in [0, 0.05) is 32.2 Å². The average molecular weight is 417 g/mol. The first-order valence-electron chi connectivity index (χ1n) is 10.6. The fraction of sp³-hybridized carbons (Fsp3) is 0.545. The Morgan fingerprint density at radius 2 is 2.10 bits per heavy atom. The van der Waals surface area contributed by atoms with Gasteiger partial charge in [0.15, 0.2) is 5.13 Å². The number of carbonyl (C=O) groups excluding carboxylic acids is 1. The van der Waals surface area contributed by atoms with Gasteiger partial charge in [0.1, 0.15) is 10.7 Å². The molecule has 1 aromatic carbocycles. The number of aromatic nitrogens is 1. The van der Waals surface area contributed by atoms with Crippen LogP contribution in [0, 0.1) is 11.7 Å². The summed E-state index contributed by atoms with van der Waals surface area (Å²) >= 11 is 1.44. The molecule has 1 atom stereocenters. The molecule has 5 nitrogen and oxygen atoms in total. The van der Waals surface area contributed by atoms with Crippen molar-refractivity contribution in [2.45, 2.75) is 45.2 Å². The lowest BCUT2D eigenvalue weighted by atomic mass is 9.95. The number of hydrogen-bond acceptors (Lipinski definition) is 5. The third-order valence-electron chi connectivity index (χ3n) is 6.00. The number of halogens is 1. The number of nitrogens with zero attached hydrogens (tertiary/aromatic N) is 3. The standard InChI is InChI=1S/C22H29FN4OS/c1-16-4-3-9-27(15-16)19-7-10-26(11-8-19)22-25-14-20(29-22)21(28)24-13-17-5-2-6-18(23)12-17/h2,5-6,12,14,16,19H,3-4,7-11,13,15H2,1H3,(H,24,28)/t16-/m1/s1. The van der Waals surface area contributed by atoms with Crippen molar-refractivity contribution >= 4 is 22.4 Å². The molecule has 1 N–H and O–H groups in total. The number of hydrogen-bond donors (Lipinski definition) is 1. The summed E-state index contributed by atoms with van der Waals surface area (Å²) in [6, 6.07) is 6.97. The van der Waals surface area contributed by atoms with Crippen molar-refractivity contribution in [1.29, 1.82) is 0 Å². The van der Waals surface area contributed by atoms with Gasteiger partial charge in [-0.25, -0.2) is 9.37 Å². The first-order chi connectivity index (χ1) is 14.1. The van der Waals surface area contributed by atoms with Gasteiger partial charge < -0.3 is 10.2 Å². The minimum atomic E-state index is -0.292. The van der Waals surface area contributed by atoms with Crippen LogP contribution in [0.3, 0.4) is 0 Å². The highest BCUT2D eigenvalue weighted by Crippen LogP contribution is 2.28. The minimum Gasteiger partial charge on any atom is -0.348 e. The van der Waals surface area contributed by atoms with Crippen molar-refractivity contribution in [3.05, 3.63) is 46.7 Å². The van der Waals surface area contributed by atoms with Gasteiger partial charge in [-0.1, -0.05) is 30.4 Å². The Balaban J connectivity index is 1.28. The molecule has 2 fully saturated rings. The molecule has 29 heavy (non-hydrogen) atoms. The topological polar surface area (TPSA) is 48.5 Å². The summed E-state index contributed by atoms with van der Waals surface area (Å²) in [5, 5.41) is 3.78. The fourth-order valence-electron chi connectivity index (χ4n) is 4.41. The molecule has 0 saturated carbocycles. The zero-order valence-electron chi connectivity index (χ0n) is 16.9. The van der Waals surface area contributed by atoms with E-state index in [9.17, 15) is 9.18 Å². The summed E-state index contributed by atoms with van der Waals surface area (Å²) in [7, 11) is 0. The van der Waals surface area contributed by atoms with E-state index < -0.39 is 0 Å². The van der Waals surface area contributed by atoms with Crippen LogP contribution in [0.4, 0.5) is 9.52 Å². The van der Waals surface area contributed by atoms with Gasteiger partial charge in [-0.05, 0) is 55.8 Å². The average Bonchev–Trinajstić information content (AvgIpc) is 3.23. The van der Waals surface area contributed by atoms with Gasteiger partial charge in [0.05, 0.1) is 6.20 Å². The Labute approximate surface area is 175 Å². The number of anilines is 1. The van der Waals surface area contributed by atoms with Crippen molar-refractivity contribution < 1.29 is 9.18 Å². The lowest BCUT2D eigenvalue weighted by Gasteiger charge is -2.41. The molecule has 3 heterocycles. The van der Waals surface area contributed by atoms with Gasteiger partial charge in [-0.15, -0.1) is 0 Å². The van der Waals surface area contributed by atoms with E-state index in [2.05, 4.69) is 27.0 Å². The van der Waals surface area contributed by atoms with Crippen LogP contribution < -0.4 is 10.2 Å². The lowest BCUT2D eigenvalue weighted by Crippen LogP contribution is -2.48. The second-order valence-electron chi connectivity index (χ2n) is 8.28. The molecule has 2 aromatic rings. The summed E-state index contributed by atoms with van der Waals surface area (Å²) in [5.74, 6) is 0.364. The molecule has 4 rings (SSSR count). The molecule has 0 spiro atoms. The Bertz CT molecular complexity index is 834. The highest BCUT2D eigenvalue weighted by atomic mass is 32.1. The quantitative estimate of drug-likeness (QED) is 0.803. The zero-order valence-corrected chi connectivity index (χ0v) is 17.8. The van der Waals surface area contributed by atoms with Crippen molar-refractivity contribution in [2.75, 3.05) is 31.1 Å². The van der Waals surface area contributed by atoms with E-state index in [1.54, 1.807) is 18.3 Å². The first-order valence-corrected chi connectivity index (χ1v) is 11.4. The van der Waals surface area contributed by atoms with E-state index in [1.165, 1.54) is 49.4 Å². The van der Waals surface area contributed by atoms with Crippen LogP contribution in [0.1, 0.15) is 47.8 Å². The zero-order chi connectivity index (χ0) is 20.2. The largest absolute Gasteiger partial charge is 0.348 e. The number of piperidine rings is 2.